The number of hydrogen-bond donors (Lipinski definition) is 2. The average Bonchev–Trinajstić information content (AvgIpc) is 2.29. The van der Waals surface area contributed by atoms with Gasteiger partial charge in [0.1, 0.15) is 0 Å². The van der Waals surface area contributed by atoms with E-state index in [1.54, 1.807) is 0 Å². The molecule has 1 aromatic heterocycles. The highest BCUT2D eigenvalue weighted by Gasteiger charge is 2.21. The maximum absolute atomic E-state index is 13.3. The Kier molecular flexibility index (Phi) is 3.68. The van der Waals surface area contributed by atoms with Crippen molar-refractivity contribution >= 4 is 5.91 Å². The summed E-state index contributed by atoms with van der Waals surface area (Å²) in [6.45, 7) is 2.95. The fourth-order valence-electron chi connectivity index (χ4n) is 2.09. The summed E-state index contributed by atoms with van der Waals surface area (Å²) < 4.78 is 13.3. The van der Waals surface area contributed by atoms with Gasteiger partial charge in [0.25, 0.3) is 5.91 Å². The van der Waals surface area contributed by atoms with Gasteiger partial charge < -0.3 is 10.6 Å². The Morgan fingerprint density at radius 1 is 1.65 bits per heavy atom. The molecule has 1 saturated heterocycles. The molecule has 92 valence electrons. The predicted octanol–water partition coefficient (Wildman–Crippen LogP) is 1.09. The largest absolute Gasteiger partial charge is 0.349 e. The van der Waals surface area contributed by atoms with E-state index in [1.165, 1.54) is 12.3 Å². The van der Waals surface area contributed by atoms with Crippen molar-refractivity contribution in [2.45, 2.75) is 31.8 Å². The molecule has 2 unspecified atom stereocenters. The summed E-state index contributed by atoms with van der Waals surface area (Å²) in [5, 5.41) is 6.16. The number of nitrogens with one attached hydrogen (secondary N) is 2. The minimum atomic E-state index is -0.577. The van der Waals surface area contributed by atoms with Crippen molar-refractivity contribution in [3.05, 3.63) is 29.8 Å². The van der Waals surface area contributed by atoms with Crippen molar-refractivity contribution in [3.8, 4) is 0 Å². The van der Waals surface area contributed by atoms with Crippen molar-refractivity contribution in [2.24, 2.45) is 0 Å². The van der Waals surface area contributed by atoms with E-state index in [2.05, 4.69) is 22.5 Å². The average molecular weight is 237 g/mol. The summed E-state index contributed by atoms with van der Waals surface area (Å²) >= 11 is 0. The second kappa shape index (κ2) is 5.23. The number of aromatic nitrogens is 1. The standard InChI is InChI=1S/C12H16FN3O/c1-8-6-9(2-5-15-8)16-12(17)10-3-4-14-7-11(10)13/h3-4,7-9,15H,2,5-6H2,1H3,(H,16,17). The molecule has 17 heavy (non-hydrogen) atoms. The van der Waals surface area contributed by atoms with Crippen molar-refractivity contribution in [1.29, 1.82) is 0 Å². The summed E-state index contributed by atoms with van der Waals surface area (Å²) in [6.07, 6.45) is 4.23. The summed E-state index contributed by atoms with van der Waals surface area (Å²) in [4.78, 5) is 15.5. The number of nitrogens with zero attached hydrogens (tertiary/aromatic N) is 1. The smallest absolute Gasteiger partial charge is 0.254 e. The van der Waals surface area contributed by atoms with E-state index in [0.717, 1.165) is 25.6 Å². The molecule has 2 atom stereocenters. The minimum Gasteiger partial charge on any atom is -0.349 e. The van der Waals surface area contributed by atoms with Crippen molar-refractivity contribution in [1.82, 2.24) is 15.6 Å². The van der Waals surface area contributed by atoms with Gasteiger partial charge in [-0.25, -0.2) is 4.39 Å². The lowest BCUT2D eigenvalue weighted by Gasteiger charge is -2.28. The van der Waals surface area contributed by atoms with E-state index < -0.39 is 5.82 Å². The second-order valence-corrected chi connectivity index (χ2v) is 4.41. The molecule has 1 aromatic rings. The van der Waals surface area contributed by atoms with Crippen LogP contribution < -0.4 is 10.6 Å². The Balaban J connectivity index is 1.99. The topological polar surface area (TPSA) is 54.0 Å². The number of carbonyl (C=O) groups excluding carboxylic acids is 1. The van der Waals surface area contributed by atoms with Crippen molar-refractivity contribution in [3.63, 3.8) is 0 Å². The molecular weight excluding hydrogens is 221 g/mol. The Morgan fingerprint density at radius 3 is 3.18 bits per heavy atom. The van der Waals surface area contributed by atoms with Crippen LogP contribution in [0.1, 0.15) is 30.1 Å². The first-order chi connectivity index (χ1) is 8.16. The van der Waals surface area contributed by atoms with Crippen LogP contribution in [-0.4, -0.2) is 29.5 Å². The number of piperidine rings is 1. The molecule has 2 N–H and O–H groups in total. The number of pyridine rings is 1. The molecule has 2 heterocycles. The SMILES string of the molecule is CC1CC(NC(=O)c2ccncc2F)CCN1. The zero-order chi connectivity index (χ0) is 12.3. The van der Waals surface area contributed by atoms with Gasteiger partial charge in [-0.1, -0.05) is 0 Å². The van der Waals surface area contributed by atoms with Crippen LogP contribution in [0.3, 0.4) is 0 Å². The van der Waals surface area contributed by atoms with E-state index in [1.807, 2.05) is 0 Å². The first-order valence-corrected chi connectivity index (χ1v) is 5.80. The van der Waals surface area contributed by atoms with Gasteiger partial charge in [0.15, 0.2) is 5.82 Å². The monoisotopic (exact) mass is 237 g/mol. The van der Waals surface area contributed by atoms with Crippen LogP contribution in [0.15, 0.2) is 18.5 Å². The lowest BCUT2D eigenvalue weighted by atomic mass is 10.0. The van der Waals surface area contributed by atoms with Crippen molar-refractivity contribution in [2.75, 3.05) is 6.54 Å². The molecule has 2 rings (SSSR count). The van der Waals surface area contributed by atoms with Crippen LogP contribution in [0.4, 0.5) is 4.39 Å². The van der Waals surface area contributed by atoms with E-state index in [4.69, 9.17) is 0 Å². The van der Waals surface area contributed by atoms with Crippen LogP contribution in [-0.2, 0) is 0 Å². The molecule has 4 nitrogen and oxygen atoms in total. The van der Waals surface area contributed by atoms with Crippen LogP contribution >= 0.6 is 0 Å². The first-order valence-electron chi connectivity index (χ1n) is 5.80. The highest BCUT2D eigenvalue weighted by atomic mass is 19.1. The highest BCUT2D eigenvalue weighted by Crippen LogP contribution is 2.10. The molecule has 1 fully saturated rings. The molecular formula is C12H16FN3O. The van der Waals surface area contributed by atoms with Gasteiger partial charge in [-0.05, 0) is 32.4 Å². The summed E-state index contributed by atoms with van der Waals surface area (Å²) in [6, 6.07) is 1.90. The Labute approximate surface area is 99.6 Å². The Morgan fingerprint density at radius 2 is 2.47 bits per heavy atom. The van der Waals surface area contributed by atoms with Gasteiger partial charge in [-0.3, -0.25) is 9.78 Å². The van der Waals surface area contributed by atoms with Gasteiger partial charge in [0, 0.05) is 18.3 Å². The fourth-order valence-corrected chi connectivity index (χ4v) is 2.09. The fraction of sp³-hybridized carbons (Fsp3) is 0.500. The van der Waals surface area contributed by atoms with E-state index in [9.17, 15) is 9.18 Å². The van der Waals surface area contributed by atoms with Gasteiger partial charge in [0.2, 0.25) is 0 Å². The van der Waals surface area contributed by atoms with E-state index in [-0.39, 0.29) is 17.5 Å². The normalized spacial score (nSPS) is 24.4. The van der Waals surface area contributed by atoms with Crippen LogP contribution in [0.2, 0.25) is 0 Å². The van der Waals surface area contributed by atoms with E-state index >= 15 is 0 Å². The highest BCUT2D eigenvalue weighted by molar-refractivity contribution is 5.94. The second-order valence-electron chi connectivity index (χ2n) is 4.41. The Bertz CT molecular complexity index is 410. The zero-order valence-corrected chi connectivity index (χ0v) is 9.74. The molecule has 0 aromatic carbocycles. The summed E-state index contributed by atoms with van der Waals surface area (Å²) in [5.41, 5.74) is 0.0613. The van der Waals surface area contributed by atoms with Gasteiger partial charge in [0.05, 0.1) is 11.8 Å². The predicted molar refractivity (Wildman–Crippen MR) is 62.1 cm³/mol. The summed E-state index contributed by atoms with van der Waals surface area (Å²) in [7, 11) is 0. The Hall–Kier alpha value is -1.49. The van der Waals surface area contributed by atoms with Crippen molar-refractivity contribution < 1.29 is 9.18 Å². The quantitative estimate of drug-likeness (QED) is 0.809. The molecule has 0 aliphatic carbocycles. The third kappa shape index (κ3) is 3.00. The molecule has 1 aliphatic heterocycles. The molecule has 1 aliphatic rings. The molecule has 1 amide bonds. The van der Waals surface area contributed by atoms with E-state index in [0.29, 0.717) is 6.04 Å². The minimum absolute atomic E-state index is 0.0613. The molecule has 0 saturated carbocycles. The maximum atomic E-state index is 13.3. The number of rotatable bonds is 2. The number of halogens is 1. The number of carbonyl (C=O) groups is 1. The number of hydrogen-bond acceptors (Lipinski definition) is 3. The third-order valence-electron chi connectivity index (χ3n) is 2.98. The first kappa shape index (κ1) is 12.0. The molecule has 0 bridgehead atoms. The maximum Gasteiger partial charge on any atom is 0.254 e. The molecule has 0 radical (unpaired) electrons. The molecule has 5 heteroatoms. The van der Waals surface area contributed by atoms with Crippen LogP contribution in [0, 0.1) is 5.82 Å². The van der Waals surface area contributed by atoms with Crippen LogP contribution in [0.25, 0.3) is 0 Å². The lowest BCUT2D eigenvalue weighted by molar-refractivity contribution is 0.0921. The molecule has 0 spiro atoms. The van der Waals surface area contributed by atoms with Gasteiger partial charge in [-0.2, -0.15) is 0 Å². The summed E-state index contributed by atoms with van der Waals surface area (Å²) in [5.74, 6) is -0.934. The third-order valence-corrected chi connectivity index (χ3v) is 2.98. The van der Waals surface area contributed by atoms with Gasteiger partial charge in [-0.15, -0.1) is 0 Å². The van der Waals surface area contributed by atoms with Crippen LogP contribution in [0.5, 0.6) is 0 Å². The zero-order valence-electron chi connectivity index (χ0n) is 9.74. The number of amides is 1. The lowest BCUT2D eigenvalue weighted by Crippen LogP contribution is -2.46. The van der Waals surface area contributed by atoms with Gasteiger partial charge >= 0.3 is 0 Å².